The molecule has 0 N–H and O–H groups in total. The van der Waals surface area contributed by atoms with Gasteiger partial charge in [-0.2, -0.15) is 0 Å². The van der Waals surface area contributed by atoms with Crippen molar-refractivity contribution in [2.45, 2.75) is 50.4 Å². The summed E-state index contributed by atoms with van der Waals surface area (Å²) in [7, 11) is 1.38. The Balaban J connectivity index is 1.60. The number of thiophene rings is 1. The maximum atomic E-state index is 14.0. The molecule has 7 heteroatoms. The summed E-state index contributed by atoms with van der Waals surface area (Å²) in [5.74, 6) is 0.284. The molecular formula is C27H26N2O3S2. The number of hydrogen-bond donors (Lipinski definition) is 0. The molecule has 174 valence electrons. The number of thioether (sulfide) groups is 1. The number of aryl methyl sites for hydroxylation is 4. The van der Waals surface area contributed by atoms with Gasteiger partial charge in [-0.3, -0.25) is 9.36 Å². The van der Waals surface area contributed by atoms with Crippen LogP contribution in [-0.4, -0.2) is 22.6 Å². The summed E-state index contributed by atoms with van der Waals surface area (Å²) in [5.41, 5.74) is 5.84. The molecule has 0 saturated heterocycles. The van der Waals surface area contributed by atoms with Gasteiger partial charge in [0.25, 0.3) is 5.56 Å². The third kappa shape index (κ3) is 4.18. The first-order valence-electron chi connectivity index (χ1n) is 11.4. The van der Waals surface area contributed by atoms with Crippen LogP contribution in [0.15, 0.2) is 52.4 Å². The van der Waals surface area contributed by atoms with Crippen molar-refractivity contribution in [3.8, 4) is 5.69 Å². The lowest BCUT2D eigenvalue weighted by Crippen LogP contribution is -2.23. The Kier molecular flexibility index (Phi) is 6.32. The van der Waals surface area contributed by atoms with Gasteiger partial charge in [-0.15, -0.1) is 11.3 Å². The van der Waals surface area contributed by atoms with E-state index < -0.39 is 0 Å². The third-order valence-corrected chi connectivity index (χ3v) is 8.50. The van der Waals surface area contributed by atoms with Crippen LogP contribution >= 0.6 is 23.1 Å². The summed E-state index contributed by atoms with van der Waals surface area (Å²) in [5, 5.41) is 1.49. The van der Waals surface area contributed by atoms with Gasteiger partial charge in [0, 0.05) is 10.6 Å². The minimum absolute atomic E-state index is 0.0293. The first kappa shape index (κ1) is 22.9. The van der Waals surface area contributed by atoms with Gasteiger partial charge >= 0.3 is 5.97 Å². The van der Waals surface area contributed by atoms with Gasteiger partial charge in [-0.05, 0) is 80.0 Å². The molecule has 0 spiro atoms. The zero-order chi connectivity index (χ0) is 23.8. The molecule has 34 heavy (non-hydrogen) atoms. The molecule has 2 heterocycles. The van der Waals surface area contributed by atoms with Gasteiger partial charge in [-0.1, -0.05) is 36.0 Å². The van der Waals surface area contributed by atoms with Gasteiger partial charge in [0.15, 0.2) is 5.16 Å². The van der Waals surface area contributed by atoms with Crippen LogP contribution < -0.4 is 5.56 Å². The summed E-state index contributed by atoms with van der Waals surface area (Å²) in [6.45, 7) is 4.08. The van der Waals surface area contributed by atoms with Gasteiger partial charge in [-0.25, -0.2) is 9.78 Å². The second-order valence-electron chi connectivity index (χ2n) is 8.69. The van der Waals surface area contributed by atoms with Gasteiger partial charge in [0.2, 0.25) is 0 Å². The van der Waals surface area contributed by atoms with Crippen LogP contribution in [-0.2, 0) is 23.3 Å². The fourth-order valence-corrected chi connectivity index (χ4v) is 6.72. The van der Waals surface area contributed by atoms with Gasteiger partial charge in [0.05, 0.1) is 23.7 Å². The minimum Gasteiger partial charge on any atom is -0.465 e. The molecule has 5 nitrogen and oxygen atoms in total. The number of nitrogens with zero attached hydrogens (tertiary/aromatic N) is 2. The number of carbonyl (C=O) groups excluding carboxylic acids is 1. The smallest absolute Gasteiger partial charge is 0.337 e. The second kappa shape index (κ2) is 9.39. The number of methoxy groups -OCH3 is 1. The van der Waals surface area contributed by atoms with E-state index in [0.717, 1.165) is 51.9 Å². The molecule has 0 saturated carbocycles. The van der Waals surface area contributed by atoms with Crippen LogP contribution in [0.2, 0.25) is 0 Å². The number of aromatic nitrogens is 2. The lowest BCUT2D eigenvalue weighted by molar-refractivity contribution is 0.0600. The maximum absolute atomic E-state index is 14.0. The van der Waals surface area contributed by atoms with Crippen molar-refractivity contribution >= 4 is 39.3 Å². The van der Waals surface area contributed by atoms with E-state index in [4.69, 9.17) is 9.72 Å². The fourth-order valence-electron chi connectivity index (χ4n) is 4.46. The summed E-state index contributed by atoms with van der Waals surface area (Å²) in [6, 6.07) is 13.6. The SMILES string of the molecule is COC(=O)c1ccc(CSc2nc3sc4c(c3c(=O)n2-c2cc(C)ccc2C)CCCC4)cc1. The summed E-state index contributed by atoms with van der Waals surface area (Å²) >= 11 is 3.23. The number of hydrogen-bond acceptors (Lipinski definition) is 6. The lowest BCUT2D eigenvalue weighted by Gasteiger charge is -2.16. The van der Waals surface area contributed by atoms with Crippen LogP contribution in [0.4, 0.5) is 0 Å². The predicted molar refractivity (Wildman–Crippen MR) is 139 cm³/mol. The fraction of sp³-hybridized carbons (Fsp3) is 0.296. The highest BCUT2D eigenvalue weighted by Crippen LogP contribution is 2.36. The largest absolute Gasteiger partial charge is 0.465 e. The van der Waals surface area contributed by atoms with Crippen molar-refractivity contribution in [3.05, 3.63) is 85.5 Å². The van der Waals surface area contributed by atoms with Crippen LogP contribution in [0.3, 0.4) is 0 Å². The van der Waals surface area contributed by atoms with E-state index >= 15 is 0 Å². The third-order valence-electron chi connectivity index (χ3n) is 6.31. The van der Waals surface area contributed by atoms with E-state index in [9.17, 15) is 9.59 Å². The van der Waals surface area contributed by atoms with Crippen molar-refractivity contribution in [3.63, 3.8) is 0 Å². The Morgan fingerprint density at radius 2 is 1.88 bits per heavy atom. The molecule has 1 aliphatic carbocycles. The Morgan fingerprint density at radius 3 is 2.65 bits per heavy atom. The highest BCUT2D eigenvalue weighted by Gasteiger charge is 2.23. The monoisotopic (exact) mass is 490 g/mol. The molecule has 5 rings (SSSR count). The van der Waals surface area contributed by atoms with Crippen LogP contribution in [0.5, 0.6) is 0 Å². The van der Waals surface area contributed by atoms with Gasteiger partial charge < -0.3 is 4.74 Å². The number of fused-ring (bicyclic) bond motifs is 3. The minimum atomic E-state index is -0.350. The summed E-state index contributed by atoms with van der Waals surface area (Å²) in [4.78, 5) is 32.9. The van der Waals surface area contributed by atoms with E-state index in [1.54, 1.807) is 39.8 Å². The molecule has 0 bridgehead atoms. The molecule has 0 fully saturated rings. The van der Waals surface area contributed by atoms with Crippen molar-refractivity contribution in [1.29, 1.82) is 0 Å². The molecule has 4 aromatic rings. The van der Waals surface area contributed by atoms with Crippen molar-refractivity contribution in [2.75, 3.05) is 7.11 Å². The zero-order valence-corrected chi connectivity index (χ0v) is 21.1. The van der Waals surface area contributed by atoms with Crippen LogP contribution in [0.1, 0.15) is 50.3 Å². The number of carbonyl (C=O) groups is 1. The molecule has 0 aliphatic heterocycles. The van der Waals surface area contributed by atoms with Crippen molar-refractivity contribution in [1.82, 2.24) is 9.55 Å². The van der Waals surface area contributed by atoms with Gasteiger partial charge in [0.1, 0.15) is 4.83 Å². The average Bonchev–Trinajstić information content (AvgIpc) is 3.23. The normalized spacial score (nSPS) is 13.1. The highest BCUT2D eigenvalue weighted by molar-refractivity contribution is 7.98. The van der Waals surface area contributed by atoms with E-state index in [-0.39, 0.29) is 11.5 Å². The zero-order valence-electron chi connectivity index (χ0n) is 19.5. The van der Waals surface area contributed by atoms with Crippen molar-refractivity contribution < 1.29 is 9.53 Å². The van der Waals surface area contributed by atoms with E-state index in [1.807, 2.05) is 26.0 Å². The quantitative estimate of drug-likeness (QED) is 0.194. The summed E-state index contributed by atoms with van der Waals surface area (Å²) in [6.07, 6.45) is 4.29. The molecule has 2 aromatic carbocycles. The standard InChI is InChI=1S/C27H26N2O3S2/c1-16-8-9-17(2)21(14-16)29-25(30)23-20-6-4-5-7-22(20)34-24(23)28-27(29)33-15-18-10-12-19(13-11-18)26(31)32-3/h8-14H,4-7,15H2,1-3H3. The number of esters is 1. The Bertz CT molecular complexity index is 1450. The Hall–Kier alpha value is -2.90. The Labute approximate surface area is 206 Å². The maximum Gasteiger partial charge on any atom is 0.337 e. The molecule has 0 unspecified atom stereocenters. The second-order valence-corrected chi connectivity index (χ2v) is 10.7. The average molecular weight is 491 g/mol. The van der Waals surface area contributed by atoms with E-state index in [2.05, 4.69) is 18.2 Å². The van der Waals surface area contributed by atoms with E-state index in [1.165, 1.54) is 24.0 Å². The molecule has 2 aromatic heterocycles. The molecular weight excluding hydrogens is 464 g/mol. The summed E-state index contributed by atoms with van der Waals surface area (Å²) < 4.78 is 6.59. The van der Waals surface area contributed by atoms with Crippen LogP contribution in [0.25, 0.3) is 15.9 Å². The Morgan fingerprint density at radius 1 is 1.12 bits per heavy atom. The molecule has 1 aliphatic rings. The highest BCUT2D eigenvalue weighted by atomic mass is 32.2. The number of benzene rings is 2. The number of ether oxygens (including phenoxy) is 1. The first-order chi connectivity index (χ1) is 16.5. The van der Waals surface area contributed by atoms with Crippen LogP contribution in [0, 0.1) is 13.8 Å². The molecule has 0 radical (unpaired) electrons. The number of rotatable bonds is 5. The molecule has 0 atom stereocenters. The molecule has 0 amide bonds. The van der Waals surface area contributed by atoms with Crippen molar-refractivity contribution in [2.24, 2.45) is 0 Å². The first-order valence-corrected chi connectivity index (χ1v) is 13.2. The predicted octanol–water partition coefficient (Wildman–Crippen LogP) is 6.02. The topological polar surface area (TPSA) is 61.2 Å². The lowest BCUT2D eigenvalue weighted by atomic mass is 9.97. The van der Waals surface area contributed by atoms with E-state index in [0.29, 0.717) is 16.5 Å².